The van der Waals surface area contributed by atoms with Gasteiger partial charge in [0.25, 0.3) is 0 Å². The van der Waals surface area contributed by atoms with Crippen LogP contribution in [0, 0.1) is 13.8 Å². The first kappa shape index (κ1) is 25.2. The first-order valence-electron chi connectivity index (χ1n) is 10.9. The highest BCUT2D eigenvalue weighted by atomic mass is 32.2. The zero-order valence-corrected chi connectivity index (χ0v) is 20.4. The molecule has 8 heteroatoms. The molecule has 0 aliphatic carbocycles. The lowest BCUT2D eigenvalue weighted by atomic mass is 9.99. The first-order valence-corrected chi connectivity index (χ1v) is 13.0. The second-order valence-electron chi connectivity index (χ2n) is 8.27. The van der Waals surface area contributed by atoms with E-state index in [1.807, 2.05) is 62.4 Å². The van der Waals surface area contributed by atoms with Gasteiger partial charge in [-0.1, -0.05) is 30.3 Å². The number of sulfone groups is 1. The van der Waals surface area contributed by atoms with Gasteiger partial charge in [-0.3, -0.25) is 4.79 Å². The molecular formula is C26H29NO6S. The van der Waals surface area contributed by atoms with Gasteiger partial charge >= 0.3 is 5.97 Å². The fraction of sp³-hybridized carbons (Fsp3) is 0.308. The molecule has 0 atom stereocenters. The Bertz CT molecular complexity index is 1230. The van der Waals surface area contributed by atoms with Crippen LogP contribution in [0.1, 0.15) is 28.7 Å². The summed E-state index contributed by atoms with van der Waals surface area (Å²) in [6.45, 7) is 4.39. The van der Waals surface area contributed by atoms with Crippen LogP contribution in [-0.2, 0) is 27.7 Å². The number of pyridine rings is 1. The molecule has 1 aromatic heterocycles. The Morgan fingerprint density at radius 1 is 0.971 bits per heavy atom. The van der Waals surface area contributed by atoms with Gasteiger partial charge in [0.05, 0.1) is 11.4 Å². The maximum atomic E-state index is 11.3. The number of aliphatic carboxylic acids is 1. The van der Waals surface area contributed by atoms with Crippen LogP contribution >= 0.6 is 0 Å². The van der Waals surface area contributed by atoms with Crippen LogP contribution in [0.3, 0.4) is 0 Å². The van der Waals surface area contributed by atoms with E-state index in [4.69, 9.17) is 14.6 Å². The second kappa shape index (κ2) is 11.2. The summed E-state index contributed by atoms with van der Waals surface area (Å²) in [6, 6.07) is 17.1. The van der Waals surface area contributed by atoms with Crippen molar-refractivity contribution in [2.75, 3.05) is 18.6 Å². The lowest BCUT2D eigenvalue weighted by Gasteiger charge is -2.14. The quantitative estimate of drug-likeness (QED) is 0.432. The van der Waals surface area contributed by atoms with Crippen molar-refractivity contribution in [2.45, 2.75) is 33.3 Å². The van der Waals surface area contributed by atoms with E-state index < -0.39 is 15.8 Å². The highest BCUT2D eigenvalue weighted by Gasteiger charge is 2.12. The van der Waals surface area contributed by atoms with Gasteiger partial charge in [-0.15, -0.1) is 0 Å². The molecule has 0 radical (unpaired) electrons. The van der Waals surface area contributed by atoms with Crippen LogP contribution in [0.25, 0.3) is 11.3 Å². The van der Waals surface area contributed by atoms with E-state index in [1.54, 1.807) is 6.07 Å². The van der Waals surface area contributed by atoms with Crippen LogP contribution in [0.5, 0.6) is 11.6 Å². The smallest absolute Gasteiger partial charge is 0.303 e. The third-order valence-electron chi connectivity index (χ3n) is 5.25. The highest BCUT2D eigenvalue weighted by molar-refractivity contribution is 7.90. The van der Waals surface area contributed by atoms with Crippen molar-refractivity contribution in [3.63, 3.8) is 0 Å². The highest BCUT2D eigenvalue weighted by Crippen LogP contribution is 2.31. The number of hydrogen-bond acceptors (Lipinski definition) is 6. The summed E-state index contributed by atoms with van der Waals surface area (Å²) in [5.74, 6) is 0.290. The Morgan fingerprint density at radius 2 is 1.62 bits per heavy atom. The number of ether oxygens (including phenoxy) is 2. The SMILES string of the molecule is Cc1cc(OCCS(C)(=O)=O)cc(C)c1-c1cccc(OCc2ccc(CCC(=O)O)cc2)n1. The normalized spacial score (nSPS) is 11.3. The summed E-state index contributed by atoms with van der Waals surface area (Å²) >= 11 is 0. The lowest BCUT2D eigenvalue weighted by molar-refractivity contribution is -0.136. The molecule has 0 spiro atoms. The maximum absolute atomic E-state index is 11.3. The fourth-order valence-electron chi connectivity index (χ4n) is 3.57. The topological polar surface area (TPSA) is 103 Å². The molecule has 3 rings (SSSR count). The molecule has 34 heavy (non-hydrogen) atoms. The van der Waals surface area contributed by atoms with Gasteiger partial charge < -0.3 is 14.6 Å². The van der Waals surface area contributed by atoms with Crippen LogP contribution in [0.2, 0.25) is 0 Å². The van der Waals surface area contributed by atoms with E-state index in [-0.39, 0.29) is 18.8 Å². The first-order chi connectivity index (χ1) is 16.1. The van der Waals surface area contributed by atoms with Crippen LogP contribution in [0.15, 0.2) is 54.6 Å². The number of aromatic nitrogens is 1. The molecule has 0 saturated heterocycles. The third kappa shape index (κ3) is 7.59. The molecule has 7 nitrogen and oxygen atoms in total. The minimum atomic E-state index is -3.07. The molecule has 0 saturated carbocycles. The average molecular weight is 484 g/mol. The number of hydrogen-bond donors (Lipinski definition) is 1. The lowest BCUT2D eigenvalue weighted by Crippen LogP contribution is -2.12. The number of carboxylic acids is 1. The zero-order chi connectivity index (χ0) is 24.7. The molecule has 0 unspecified atom stereocenters. The maximum Gasteiger partial charge on any atom is 0.303 e. The Morgan fingerprint density at radius 3 is 2.24 bits per heavy atom. The Labute approximate surface area is 200 Å². The molecule has 0 aliphatic heterocycles. The number of carboxylic acid groups (broad SMARTS) is 1. The molecule has 0 aliphatic rings. The molecule has 0 fully saturated rings. The fourth-order valence-corrected chi connectivity index (χ4v) is 3.95. The number of rotatable bonds is 11. The molecule has 180 valence electrons. The number of nitrogens with zero attached hydrogens (tertiary/aromatic N) is 1. The summed E-state index contributed by atoms with van der Waals surface area (Å²) in [5, 5.41) is 8.80. The Hall–Kier alpha value is -3.39. The van der Waals surface area contributed by atoms with Crippen molar-refractivity contribution in [1.29, 1.82) is 0 Å². The summed E-state index contributed by atoms with van der Waals surface area (Å²) in [6.07, 6.45) is 1.80. The number of carbonyl (C=O) groups is 1. The summed E-state index contributed by atoms with van der Waals surface area (Å²) in [7, 11) is -3.07. The molecule has 0 bridgehead atoms. The van der Waals surface area contributed by atoms with Crippen molar-refractivity contribution in [1.82, 2.24) is 4.98 Å². The number of aryl methyl sites for hydroxylation is 3. The van der Waals surface area contributed by atoms with Crippen molar-refractivity contribution in [3.05, 3.63) is 76.9 Å². The second-order valence-corrected chi connectivity index (χ2v) is 10.5. The molecule has 0 amide bonds. The largest absolute Gasteiger partial charge is 0.493 e. The standard InChI is InChI=1S/C26H29NO6S/c1-18-15-22(32-13-14-34(3,30)31)16-19(2)26(18)23-5-4-6-24(27-23)33-17-21-9-7-20(8-10-21)11-12-25(28)29/h4-10,15-16H,11-14,17H2,1-3H3,(H,28,29). The number of benzene rings is 2. The van der Waals surface area contributed by atoms with E-state index in [1.165, 1.54) is 6.26 Å². The summed E-state index contributed by atoms with van der Waals surface area (Å²) in [4.78, 5) is 15.4. The van der Waals surface area contributed by atoms with Gasteiger partial charge in [0, 0.05) is 24.3 Å². The van der Waals surface area contributed by atoms with Gasteiger partial charge in [0.2, 0.25) is 5.88 Å². The van der Waals surface area contributed by atoms with E-state index in [2.05, 4.69) is 4.98 Å². The minimum Gasteiger partial charge on any atom is -0.493 e. The molecule has 2 aromatic carbocycles. The van der Waals surface area contributed by atoms with Crippen molar-refractivity contribution >= 4 is 15.8 Å². The van der Waals surface area contributed by atoms with Crippen LogP contribution in [0.4, 0.5) is 0 Å². The van der Waals surface area contributed by atoms with E-state index in [0.717, 1.165) is 33.5 Å². The average Bonchev–Trinajstić information content (AvgIpc) is 2.76. The van der Waals surface area contributed by atoms with Crippen molar-refractivity contribution in [2.24, 2.45) is 0 Å². The van der Waals surface area contributed by atoms with Crippen molar-refractivity contribution < 1.29 is 27.8 Å². The molecule has 3 aromatic rings. The molecular weight excluding hydrogens is 454 g/mol. The van der Waals surface area contributed by atoms with E-state index in [9.17, 15) is 13.2 Å². The van der Waals surface area contributed by atoms with Gasteiger partial charge in [0.15, 0.2) is 9.84 Å². The Kier molecular flexibility index (Phi) is 8.28. The summed E-state index contributed by atoms with van der Waals surface area (Å²) < 4.78 is 34.2. The van der Waals surface area contributed by atoms with Gasteiger partial charge in [-0.05, 0) is 60.7 Å². The summed E-state index contributed by atoms with van der Waals surface area (Å²) in [5.41, 5.74) is 5.63. The Balaban J connectivity index is 1.67. The predicted octanol–water partition coefficient (Wildman–Crippen LogP) is 4.39. The van der Waals surface area contributed by atoms with Gasteiger partial charge in [0.1, 0.15) is 19.0 Å². The zero-order valence-electron chi connectivity index (χ0n) is 19.6. The van der Waals surface area contributed by atoms with Gasteiger partial charge in [-0.2, -0.15) is 0 Å². The van der Waals surface area contributed by atoms with Crippen LogP contribution in [-0.4, -0.2) is 43.1 Å². The van der Waals surface area contributed by atoms with Crippen molar-refractivity contribution in [3.8, 4) is 22.9 Å². The minimum absolute atomic E-state index is 0.0289. The van der Waals surface area contributed by atoms with E-state index >= 15 is 0 Å². The predicted molar refractivity (Wildman–Crippen MR) is 131 cm³/mol. The third-order valence-corrected chi connectivity index (χ3v) is 6.15. The van der Waals surface area contributed by atoms with Gasteiger partial charge in [-0.25, -0.2) is 13.4 Å². The monoisotopic (exact) mass is 483 g/mol. The molecule has 1 N–H and O–H groups in total. The van der Waals surface area contributed by atoms with E-state index in [0.29, 0.717) is 24.7 Å². The molecule has 1 heterocycles. The van der Waals surface area contributed by atoms with Crippen LogP contribution < -0.4 is 9.47 Å².